The lowest BCUT2D eigenvalue weighted by Gasteiger charge is -2.11. The summed E-state index contributed by atoms with van der Waals surface area (Å²) in [5.74, 6) is 0. The van der Waals surface area contributed by atoms with Crippen LogP contribution in [0.1, 0.15) is 57.6 Å². The van der Waals surface area contributed by atoms with Crippen molar-refractivity contribution in [3.05, 3.63) is 18.0 Å². The van der Waals surface area contributed by atoms with E-state index in [4.69, 9.17) is 5.73 Å². The quantitative estimate of drug-likeness (QED) is 0.671. The fourth-order valence-electron chi connectivity index (χ4n) is 2.13. The molecule has 0 radical (unpaired) electrons. The SMILES string of the molecule is CCCCCCCC(N)CCc1ccnn1C. The average Bonchev–Trinajstić information content (AvgIpc) is 2.72. The van der Waals surface area contributed by atoms with Crippen molar-refractivity contribution in [2.24, 2.45) is 12.8 Å². The average molecular weight is 237 g/mol. The molecule has 0 bridgehead atoms. The highest BCUT2D eigenvalue weighted by atomic mass is 15.2. The molecular weight excluding hydrogens is 210 g/mol. The van der Waals surface area contributed by atoms with Crippen molar-refractivity contribution in [1.29, 1.82) is 0 Å². The van der Waals surface area contributed by atoms with E-state index in [0.29, 0.717) is 6.04 Å². The molecule has 0 aliphatic carbocycles. The minimum absolute atomic E-state index is 0.353. The molecule has 2 N–H and O–H groups in total. The number of rotatable bonds is 9. The fraction of sp³-hybridized carbons (Fsp3) is 0.786. The molecule has 0 aliphatic rings. The van der Waals surface area contributed by atoms with Gasteiger partial charge in [-0.3, -0.25) is 4.68 Å². The lowest BCUT2D eigenvalue weighted by Crippen LogP contribution is -2.21. The summed E-state index contributed by atoms with van der Waals surface area (Å²) in [7, 11) is 1.99. The summed E-state index contributed by atoms with van der Waals surface area (Å²) in [6.07, 6.45) is 11.8. The largest absolute Gasteiger partial charge is 0.328 e. The standard InChI is InChI=1S/C14H27N3/c1-3-4-5-6-7-8-13(15)9-10-14-11-12-16-17(14)2/h11-13H,3-10,15H2,1-2H3. The van der Waals surface area contributed by atoms with Crippen LogP contribution in [0.3, 0.4) is 0 Å². The molecule has 0 saturated carbocycles. The van der Waals surface area contributed by atoms with Gasteiger partial charge >= 0.3 is 0 Å². The highest BCUT2D eigenvalue weighted by Crippen LogP contribution is 2.10. The minimum Gasteiger partial charge on any atom is -0.328 e. The molecule has 1 unspecified atom stereocenters. The van der Waals surface area contributed by atoms with Gasteiger partial charge in [0.05, 0.1) is 0 Å². The van der Waals surface area contributed by atoms with E-state index in [1.165, 1.54) is 44.2 Å². The van der Waals surface area contributed by atoms with Gasteiger partial charge in [-0.05, 0) is 25.3 Å². The van der Waals surface area contributed by atoms with Crippen molar-refractivity contribution in [3.63, 3.8) is 0 Å². The topological polar surface area (TPSA) is 43.8 Å². The number of nitrogens with zero attached hydrogens (tertiary/aromatic N) is 2. The molecular formula is C14H27N3. The summed E-state index contributed by atoms with van der Waals surface area (Å²) in [5, 5.41) is 4.17. The van der Waals surface area contributed by atoms with Gasteiger partial charge in [0.15, 0.2) is 0 Å². The summed E-state index contributed by atoms with van der Waals surface area (Å²) >= 11 is 0. The highest BCUT2D eigenvalue weighted by molar-refractivity contribution is 5.00. The fourth-order valence-corrected chi connectivity index (χ4v) is 2.13. The van der Waals surface area contributed by atoms with Crippen molar-refractivity contribution >= 4 is 0 Å². The molecule has 1 aromatic rings. The molecule has 0 fully saturated rings. The van der Waals surface area contributed by atoms with E-state index in [9.17, 15) is 0 Å². The Hall–Kier alpha value is -0.830. The van der Waals surface area contributed by atoms with Gasteiger partial charge in [0.1, 0.15) is 0 Å². The molecule has 0 saturated heterocycles. The molecule has 1 rings (SSSR count). The van der Waals surface area contributed by atoms with E-state index in [0.717, 1.165) is 12.8 Å². The zero-order valence-corrected chi connectivity index (χ0v) is 11.4. The lowest BCUT2D eigenvalue weighted by atomic mass is 10.0. The van der Waals surface area contributed by atoms with Crippen LogP contribution in [0.5, 0.6) is 0 Å². The van der Waals surface area contributed by atoms with Crippen molar-refractivity contribution in [2.75, 3.05) is 0 Å². The van der Waals surface area contributed by atoms with Crippen molar-refractivity contribution in [3.8, 4) is 0 Å². The van der Waals surface area contributed by atoms with Gasteiger partial charge in [-0.2, -0.15) is 5.10 Å². The first-order chi connectivity index (χ1) is 8.24. The molecule has 0 aromatic carbocycles. The smallest absolute Gasteiger partial charge is 0.0492 e. The Kier molecular flexibility index (Phi) is 6.94. The maximum Gasteiger partial charge on any atom is 0.0492 e. The number of nitrogens with two attached hydrogens (primary N) is 1. The molecule has 3 heteroatoms. The normalized spacial score (nSPS) is 12.9. The van der Waals surface area contributed by atoms with Gasteiger partial charge in [-0.15, -0.1) is 0 Å². The van der Waals surface area contributed by atoms with E-state index >= 15 is 0 Å². The zero-order chi connectivity index (χ0) is 12.5. The van der Waals surface area contributed by atoms with Gasteiger partial charge in [0.25, 0.3) is 0 Å². The Morgan fingerprint density at radius 3 is 2.65 bits per heavy atom. The highest BCUT2D eigenvalue weighted by Gasteiger charge is 2.05. The van der Waals surface area contributed by atoms with Crippen molar-refractivity contribution in [2.45, 2.75) is 64.3 Å². The predicted molar refractivity (Wildman–Crippen MR) is 72.9 cm³/mol. The van der Waals surface area contributed by atoms with E-state index in [2.05, 4.69) is 18.1 Å². The summed E-state index contributed by atoms with van der Waals surface area (Å²) in [6, 6.07) is 2.43. The predicted octanol–water partition coefficient (Wildman–Crippen LogP) is 3.04. The Morgan fingerprint density at radius 2 is 2.00 bits per heavy atom. The van der Waals surface area contributed by atoms with Crippen LogP contribution in [-0.2, 0) is 13.5 Å². The molecule has 3 nitrogen and oxygen atoms in total. The van der Waals surface area contributed by atoms with Crippen molar-refractivity contribution in [1.82, 2.24) is 9.78 Å². The van der Waals surface area contributed by atoms with E-state index < -0.39 is 0 Å². The summed E-state index contributed by atoms with van der Waals surface area (Å²) in [6.45, 7) is 2.25. The third kappa shape index (κ3) is 5.87. The van der Waals surface area contributed by atoms with Gasteiger partial charge in [0, 0.05) is 25.0 Å². The van der Waals surface area contributed by atoms with Crippen LogP contribution in [0.2, 0.25) is 0 Å². The Morgan fingerprint density at radius 1 is 1.24 bits per heavy atom. The number of unbranched alkanes of at least 4 members (excludes halogenated alkanes) is 4. The second kappa shape index (κ2) is 8.29. The van der Waals surface area contributed by atoms with E-state index in [-0.39, 0.29) is 0 Å². The maximum absolute atomic E-state index is 6.13. The second-order valence-corrected chi connectivity index (χ2v) is 4.95. The number of hydrogen-bond donors (Lipinski definition) is 1. The first-order valence-corrected chi connectivity index (χ1v) is 6.96. The van der Waals surface area contributed by atoms with Gasteiger partial charge in [-0.1, -0.05) is 39.0 Å². The van der Waals surface area contributed by atoms with Gasteiger partial charge < -0.3 is 5.73 Å². The third-order valence-electron chi connectivity index (χ3n) is 3.37. The van der Waals surface area contributed by atoms with Gasteiger partial charge in [-0.25, -0.2) is 0 Å². The van der Waals surface area contributed by atoms with E-state index in [1.54, 1.807) is 0 Å². The van der Waals surface area contributed by atoms with Crippen LogP contribution >= 0.6 is 0 Å². The third-order valence-corrected chi connectivity index (χ3v) is 3.37. The zero-order valence-electron chi connectivity index (χ0n) is 11.4. The number of aromatic nitrogens is 2. The molecule has 98 valence electrons. The molecule has 1 atom stereocenters. The van der Waals surface area contributed by atoms with Crippen LogP contribution in [0, 0.1) is 0 Å². The lowest BCUT2D eigenvalue weighted by molar-refractivity contribution is 0.509. The Bertz CT molecular complexity index is 293. The molecule has 0 aliphatic heterocycles. The molecule has 0 amide bonds. The summed E-state index contributed by atoms with van der Waals surface area (Å²) in [4.78, 5) is 0. The molecule has 0 spiro atoms. The minimum atomic E-state index is 0.353. The van der Waals surface area contributed by atoms with Crippen LogP contribution in [0.4, 0.5) is 0 Å². The maximum atomic E-state index is 6.13. The number of hydrogen-bond acceptors (Lipinski definition) is 2. The van der Waals surface area contributed by atoms with Crippen molar-refractivity contribution < 1.29 is 0 Å². The number of aryl methyl sites for hydroxylation is 2. The molecule has 17 heavy (non-hydrogen) atoms. The monoisotopic (exact) mass is 237 g/mol. The Labute approximate surface area is 105 Å². The summed E-state index contributed by atoms with van der Waals surface area (Å²) < 4.78 is 1.94. The van der Waals surface area contributed by atoms with Crippen LogP contribution in [0.15, 0.2) is 12.3 Å². The Balaban J connectivity index is 2.05. The molecule has 1 heterocycles. The first kappa shape index (κ1) is 14.2. The van der Waals surface area contributed by atoms with Crippen LogP contribution in [-0.4, -0.2) is 15.8 Å². The van der Waals surface area contributed by atoms with Crippen LogP contribution in [0.25, 0.3) is 0 Å². The second-order valence-electron chi connectivity index (χ2n) is 4.95. The summed E-state index contributed by atoms with van der Waals surface area (Å²) in [5.41, 5.74) is 7.41. The first-order valence-electron chi connectivity index (χ1n) is 6.96. The van der Waals surface area contributed by atoms with E-state index in [1.807, 2.05) is 17.9 Å². The molecule has 1 aromatic heterocycles. The van der Waals surface area contributed by atoms with Crippen LogP contribution < -0.4 is 5.73 Å². The van der Waals surface area contributed by atoms with Gasteiger partial charge in [0.2, 0.25) is 0 Å².